The van der Waals surface area contributed by atoms with Gasteiger partial charge >= 0.3 is 0 Å². The van der Waals surface area contributed by atoms with Gasteiger partial charge in [-0.05, 0) is 45.0 Å². The van der Waals surface area contributed by atoms with Gasteiger partial charge in [-0.25, -0.2) is 0 Å². The third-order valence-corrected chi connectivity index (χ3v) is 3.46. The quantitative estimate of drug-likeness (QED) is 0.755. The van der Waals surface area contributed by atoms with Crippen molar-refractivity contribution < 1.29 is 4.74 Å². The molecule has 2 bridgehead atoms. The number of benzene rings is 1. The normalized spacial score (nSPS) is 20.6. The second kappa shape index (κ2) is 5.20. The topological polar surface area (TPSA) is 36.3 Å². The summed E-state index contributed by atoms with van der Waals surface area (Å²) in [4.78, 5) is 2.46. The van der Waals surface area contributed by atoms with Gasteiger partial charge in [-0.2, -0.15) is 5.26 Å². The number of fused-ring (bicyclic) bond motifs is 2. The van der Waals surface area contributed by atoms with Crippen molar-refractivity contribution in [2.45, 2.75) is 32.2 Å². The molecule has 1 fully saturated rings. The van der Waals surface area contributed by atoms with Crippen molar-refractivity contribution in [1.29, 1.82) is 5.26 Å². The van der Waals surface area contributed by atoms with Crippen molar-refractivity contribution >= 4 is 0 Å². The zero-order valence-corrected chi connectivity index (χ0v) is 10.4. The van der Waals surface area contributed by atoms with Gasteiger partial charge in [0.2, 0.25) is 0 Å². The Morgan fingerprint density at radius 2 is 2.18 bits per heavy atom. The van der Waals surface area contributed by atoms with Crippen LogP contribution in [0.15, 0.2) is 18.2 Å². The van der Waals surface area contributed by atoms with Crippen molar-refractivity contribution in [3.8, 4) is 17.6 Å². The van der Waals surface area contributed by atoms with Gasteiger partial charge in [0, 0.05) is 6.04 Å². The van der Waals surface area contributed by atoms with Gasteiger partial charge in [0.15, 0.2) is 0 Å². The summed E-state index contributed by atoms with van der Waals surface area (Å²) in [7, 11) is 2.22. The molecule has 0 aliphatic carbocycles. The summed E-state index contributed by atoms with van der Waals surface area (Å²) in [6, 6.07) is 8.37. The highest BCUT2D eigenvalue weighted by molar-refractivity contribution is 5.61. The summed E-state index contributed by atoms with van der Waals surface area (Å²) in [6.45, 7) is 3.59. The van der Waals surface area contributed by atoms with Crippen LogP contribution in [0.2, 0.25) is 0 Å². The minimum atomic E-state index is 0.678. The van der Waals surface area contributed by atoms with Gasteiger partial charge in [0.1, 0.15) is 23.1 Å². The number of hydrogen-bond acceptors (Lipinski definition) is 3. The highest BCUT2D eigenvalue weighted by atomic mass is 16.5. The molecule has 3 aliphatic rings. The van der Waals surface area contributed by atoms with Gasteiger partial charge in [0.05, 0.1) is 0 Å². The molecule has 17 heavy (non-hydrogen) atoms. The van der Waals surface area contributed by atoms with Crippen molar-refractivity contribution in [3.05, 3.63) is 23.8 Å². The number of rotatable bonds is 1. The molecule has 3 aliphatic heterocycles. The van der Waals surface area contributed by atoms with E-state index in [1.165, 1.54) is 25.8 Å². The average Bonchev–Trinajstić information content (AvgIpc) is 2.77. The Morgan fingerprint density at radius 1 is 1.47 bits per heavy atom. The lowest BCUT2D eigenvalue weighted by molar-refractivity contribution is 0.304. The summed E-state index contributed by atoms with van der Waals surface area (Å²) in [5, 5.41) is 8.43. The predicted molar refractivity (Wildman–Crippen MR) is 67.2 cm³/mol. The molecule has 3 heterocycles. The maximum atomic E-state index is 8.43. The molecule has 0 spiro atoms. The summed E-state index contributed by atoms with van der Waals surface area (Å²) in [5.74, 6) is 1.41. The van der Waals surface area contributed by atoms with E-state index >= 15 is 0 Å². The minimum Gasteiger partial charge on any atom is -0.454 e. The van der Waals surface area contributed by atoms with Gasteiger partial charge in [-0.3, -0.25) is 0 Å². The van der Waals surface area contributed by atoms with Crippen LogP contribution in [0.3, 0.4) is 0 Å². The molecule has 3 heteroatoms. The number of hydrogen-bond donors (Lipinski definition) is 0. The third kappa shape index (κ3) is 2.42. The number of ether oxygens (including phenoxy) is 1. The Bertz CT molecular complexity index is 416. The van der Waals surface area contributed by atoms with Gasteiger partial charge in [-0.15, -0.1) is 0 Å². The smallest absolute Gasteiger partial charge is 0.149 e. The Kier molecular flexibility index (Phi) is 3.65. The van der Waals surface area contributed by atoms with E-state index in [-0.39, 0.29) is 0 Å². The summed E-state index contributed by atoms with van der Waals surface area (Å²) in [6.07, 6.45) is 4.17. The Labute approximate surface area is 103 Å². The molecule has 0 saturated carbocycles. The van der Waals surface area contributed by atoms with E-state index in [2.05, 4.69) is 18.9 Å². The molecule has 0 aromatic heterocycles. The Balaban J connectivity index is 0.000000128. The first kappa shape index (κ1) is 11.9. The second-order valence-corrected chi connectivity index (χ2v) is 4.53. The Morgan fingerprint density at radius 3 is 2.47 bits per heavy atom. The van der Waals surface area contributed by atoms with Crippen molar-refractivity contribution in [2.24, 2.45) is 0 Å². The molecule has 0 amide bonds. The summed E-state index contributed by atoms with van der Waals surface area (Å²) >= 11 is 0. The molecule has 3 nitrogen and oxygen atoms in total. The average molecular weight is 230 g/mol. The zero-order valence-electron chi connectivity index (χ0n) is 10.4. The van der Waals surface area contributed by atoms with Gasteiger partial charge < -0.3 is 9.64 Å². The van der Waals surface area contributed by atoms with Crippen LogP contribution in [0.5, 0.6) is 11.5 Å². The second-order valence-electron chi connectivity index (χ2n) is 4.53. The standard InChI is InChI=1S/C7H3NO.C7H15N/c8-4-5-6-2-1-3-7(5)9-6;1-3-7-5-4-6-8(7)2/h1-3H;7H,3-6H2,1-2H3. The number of likely N-dealkylation sites (tertiary alicyclic amines) is 1. The van der Waals surface area contributed by atoms with Gasteiger partial charge in [-0.1, -0.05) is 13.0 Å². The van der Waals surface area contributed by atoms with Crippen molar-refractivity contribution in [1.82, 2.24) is 4.90 Å². The molecule has 90 valence electrons. The molecule has 1 saturated heterocycles. The lowest BCUT2D eigenvalue weighted by Crippen LogP contribution is -2.23. The molecule has 0 radical (unpaired) electrons. The fourth-order valence-corrected chi connectivity index (χ4v) is 2.36. The molecular weight excluding hydrogens is 212 g/mol. The van der Waals surface area contributed by atoms with Crippen LogP contribution >= 0.6 is 0 Å². The lowest BCUT2D eigenvalue weighted by Gasteiger charge is -2.17. The predicted octanol–water partition coefficient (Wildman–Crippen LogP) is 3.15. The zero-order chi connectivity index (χ0) is 12.3. The van der Waals surface area contributed by atoms with E-state index in [4.69, 9.17) is 10.00 Å². The summed E-state index contributed by atoms with van der Waals surface area (Å²) < 4.78 is 5.01. The fraction of sp³-hybridized carbons (Fsp3) is 0.500. The fourth-order valence-electron chi connectivity index (χ4n) is 2.36. The lowest BCUT2D eigenvalue weighted by atomic mass is 10.1. The van der Waals surface area contributed by atoms with Crippen molar-refractivity contribution in [2.75, 3.05) is 13.6 Å². The van der Waals surface area contributed by atoms with E-state index in [9.17, 15) is 0 Å². The van der Waals surface area contributed by atoms with E-state index in [1.54, 1.807) is 12.1 Å². The first-order chi connectivity index (χ1) is 8.26. The van der Waals surface area contributed by atoms with Crippen LogP contribution in [0, 0.1) is 11.3 Å². The maximum Gasteiger partial charge on any atom is 0.149 e. The van der Waals surface area contributed by atoms with Crippen LogP contribution in [-0.4, -0.2) is 24.5 Å². The highest BCUT2D eigenvalue weighted by Gasteiger charge is 2.19. The molecule has 1 unspecified atom stereocenters. The van der Waals surface area contributed by atoms with E-state index in [1.807, 2.05) is 12.1 Å². The highest BCUT2D eigenvalue weighted by Crippen LogP contribution is 2.40. The first-order valence-corrected chi connectivity index (χ1v) is 6.17. The maximum absolute atomic E-state index is 8.43. The van der Waals surface area contributed by atoms with E-state index in [0.717, 1.165) is 6.04 Å². The Hall–Kier alpha value is -1.53. The molecule has 1 aromatic rings. The number of nitriles is 1. The molecule has 4 rings (SSSR count). The largest absolute Gasteiger partial charge is 0.454 e. The first-order valence-electron chi connectivity index (χ1n) is 6.17. The van der Waals surface area contributed by atoms with Crippen LogP contribution in [-0.2, 0) is 0 Å². The molecule has 1 atom stereocenters. The summed E-state index contributed by atoms with van der Waals surface area (Å²) in [5.41, 5.74) is 0.678. The van der Waals surface area contributed by atoms with E-state index < -0.39 is 0 Å². The number of nitrogens with zero attached hydrogens (tertiary/aromatic N) is 2. The molecule has 0 N–H and O–H groups in total. The van der Waals surface area contributed by atoms with Gasteiger partial charge in [0.25, 0.3) is 0 Å². The monoisotopic (exact) mass is 230 g/mol. The third-order valence-electron chi connectivity index (χ3n) is 3.46. The minimum absolute atomic E-state index is 0.678. The SMILES string of the molecule is CCC1CCCN1C.N#Cc1c2cccc1O2. The van der Waals surface area contributed by atoms with Crippen LogP contribution in [0.1, 0.15) is 31.7 Å². The van der Waals surface area contributed by atoms with Crippen molar-refractivity contribution in [3.63, 3.8) is 0 Å². The van der Waals surface area contributed by atoms with E-state index in [0.29, 0.717) is 17.1 Å². The molecule has 1 aromatic carbocycles. The molecular formula is C14H18N2O. The van der Waals surface area contributed by atoms with Crippen LogP contribution < -0.4 is 4.74 Å². The van der Waals surface area contributed by atoms with Crippen LogP contribution in [0.4, 0.5) is 0 Å². The van der Waals surface area contributed by atoms with Crippen LogP contribution in [0.25, 0.3) is 0 Å².